The molecular formula is C30H32Cl2F3N3O4S. The highest BCUT2D eigenvalue weighted by Gasteiger charge is 2.36. The van der Waals surface area contributed by atoms with Crippen molar-refractivity contribution in [3.05, 3.63) is 99.5 Å². The Bertz CT molecular complexity index is 1540. The van der Waals surface area contributed by atoms with Crippen LogP contribution in [0, 0.1) is 0 Å². The van der Waals surface area contributed by atoms with E-state index in [-0.39, 0.29) is 19.0 Å². The minimum Gasteiger partial charge on any atom is -0.352 e. The molecule has 2 atom stereocenters. The standard InChI is InChI=1S/C30H32Cl2F3N3O4S/c1-4-20(2)36-29(40)27(16-21-9-6-5-7-10-21)37(18-22-11-8-12-23(31)15-22)28(39)19-38(43(3,41)42)24-13-14-26(32)25(17-24)30(33,34)35/h5-15,17,20,27H,4,16,18-19H2,1-3H3,(H,36,40)/t20-,27+/m0/s1. The average molecular weight is 659 g/mol. The number of nitrogens with one attached hydrogen (secondary N) is 1. The van der Waals surface area contributed by atoms with Gasteiger partial charge in [-0.25, -0.2) is 8.42 Å². The number of amides is 2. The summed E-state index contributed by atoms with van der Waals surface area (Å²) in [4.78, 5) is 29.0. The van der Waals surface area contributed by atoms with Crippen LogP contribution in [-0.4, -0.2) is 50.0 Å². The molecule has 3 rings (SSSR count). The summed E-state index contributed by atoms with van der Waals surface area (Å²) in [5, 5.41) is 2.66. The second-order valence-electron chi connectivity index (χ2n) is 10.1. The van der Waals surface area contributed by atoms with E-state index in [2.05, 4.69) is 5.32 Å². The highest BCUT2D eigenvalue weighted by Crippen LogP contribution is 2.37. The van der Waals surface area contributed by atoms with Crippen LogP contribution in [0.4, 0.5) is 18.9 Å². The summed E-state index contributed by atoms with van der Waals surface area (Å²) in [5.74, 6) is -1.28. The number of carbonyl (C=O) groups is 2. The van der Waals surface area contributed by atoms with E-state index in [1.807, 2.05) is 13.8 Å². The summed E-state index contributed by atoms with van der Waals surface area (Å²) in [6.07, 6.45) is -3.38. The normalized spacial score (nSPS) is 13.2. The Hall–Kier alpha value is -3.28. The number of hydrogen-bond acceptors (Lipinski definition) is 4. The summed E-state index contributed by atoms with van der Waals surface area (Å²) in [7, 11) is -4.28. The van der Waals surface area contributed by atoms with Crippen molar-refractivity contribution in [3.63, 3.8) is 0 Å². The molecule has 3 aromatic rings. The van der Waals surface area contributed by atoms with Crippen molar-refractivity contribution in [2.45, 2.75) is 51.5 Å². The molecule has 13 heteroatoms. The zero-order valence-corrected chi connectivity index (χ0v) is 26.1. The van der Waals surface area contributed by atoms with E-state index in [0.29, 0.717) is 27.4 Å². The zero-order valence-electron chi connectivity index (χ0n) is 23.7. The Morgan fingerprint density at radius 1 is 0.953 bits per heavy atom. The fourth-order valence-corrected chi connectivity index (χ4v) is 5.61. The number of nitrogens with zero attached hydrogens (tertiary/aromatic N) is 2. The minimum atomic E-state index is -4.87. The third kappa shape index (κ3) is 9.61. The summed E-state index contributed by atoms with van der Waals surface area (Å²) >= 11 is 11.9. The summed E-state index contributed by atoms with van der Waals surface area (Å²) < 4.78 is 67.1. The zero-order chi connectivity index (χ0) is 31.9. The van der Waals surface area contributed by atoms with Gasteiger partial charge in [0.1, 0.15) is 12.6 Å². The first-order valence-corrected chi connectivity index (χ1v) is 15.9. The van der Waals surface area contributed by atoms with Crippen molar-refractivity contribution in [2.24, 2.45) is 0 Å². The lowest BCUT2D eigenvalue weighted by atomic mass is 10.0. The van der Waals surface area contributed by atoms with Gasteiger partial charge in [0.25, 0.3) is 0 Å². The first-order chi connectivity index (χ1) is 20.1. The molecule has 0 heterocycles. The van der Waals surface area contributed by atoms with Gasteiger partial charge in [-0.2, -0.15) is 13.2 Å². The van der Waals surface area contributed by atoms with Crippen LogP contribution in [0.15, 0.2) is 72.8 Å². The molecule has 0 saturated carbocycles. The molecule has 0 bridgehead atoms. The Kier molecular flexibility index (Phi) is 11.5. The van der Waals surface area contributed by atoms with Crippen molar-refractivity contribution in [3.8, 4) is 0 Å². The minimum absolute atomic E-state index is 0.0907. The molecule has 0 aliphatic rings. The molecule has 0 saturated heterocycles. The van der Waals surface area contributed by atoms with Crippen LogP contribution >= 0.6 is 23.2 Å². The largest absolute Gasteiger partial charge is 0.417 e. The first-order valence-electron chi connectivity index (χ1n) is 13.3. The van der Waals surface area contributed by atoms with Crippen LogP contribution in [0.2, 0.25) is 10.0 Å². The topological polar surface area (TPSA) is 86.8 Å². The third-order valence-corrected chi connectivity index (χ3v) is 8.44. The van der Waals surface area contributed by atoms with E-state index in [1.165, 1.54) is 4.90 Å². The van der Waals surface area contributed by atoms with Crippen molar-refractivity contribution in [1.29, 1.82) is 0 Å². The van der Waals surface area contributed by atoms with E-state index >= 15 is 0 Å². The lowest BCUT2D eigenvalue weighted by Gasteiger charge is -2.34. The van der Waals surface area contributed by atoms with Gasteiger partial charge in [-0.05, 0) is 54.8 Å². The van der Waals surface area contributed by atoms with Crippen LogP contribution in [0.5, 0.6) is 0 Å². The lowest BCUT2D eigenvalue weighted by Crippen LogP contribution is -2.54. The molecule has 232 valence electrons. The molecule has 43 heavy (non-hydrogen) atoms. The maximum absolute atomic E-state index is 14.1. The van der Waals surface area contributed by atoms with Crippen molar-refractivity contribution >= 4 is 50.7 Å². The monoisotopic (exact) mass is 657 g/mol. The second-order valence-corrected chi connectivity index (χ2v) is 12.9. The molecule has 0 aliphatic heterocycles. The number of hydrogen-bond donors (Lipinski definition) is 1. The molecule has 1 N–H and O–H groups in total. The first kappa shape index (κ1) is 34.2. The highest BCUT2D eigenvalue weighted by molar-refractivity contribution is 7.92. The Labute approximate surface area is 259 Å². The Balaban J connectivity index is 2.11. The smallest absolute Gasteiger partial charge is 0.352 e. The Morgan fingerprint density at radius 3 is 2.19 bits per heavy atom. The van der Waals surface area contributed by atoms with Gasteiger partial charge >= 0.3 is 6.18 Å². The fraction of sp³-hybridized carbons (Fsp3) is 0.333. The van der Waals surface area contributed by atoms with Crippen LogP contribution in [0.25, 0.3) is 0 Å². The van der Waals surface area contributed by atoms with Gasteiger partial charge in [0.15, 0.2) is 0 Å². The van der Waals surface area contributed by atoms with Crippen molar-refractivity contribution in [2.75, 3.05) is 17.1 Å². The van der Waals surface area contributed by atoms with Gasteiger partial charge in [0.2, 0.25) is 21.8 Å². The van der Waals surface area contributed by atoms with Gasteiger partial charge in [0.05, 0.1) is 22.5 Å². The van der Waals surface area contributed by atoms with Crippen LogP contribution in [0.1, 0.15) is 37.0 Å². The second kappa shape index (κ2) is 14.5. The molecule has 0 radical (unpaired) electrons. The lowest BCUT2D eigenvalue weighted by molar-refractivity contribution is -0.140. The van der Waals surface area contributed by atoms with Crippen molar-refractivity contribution < 1.29 is 31.2 Å². The number of halogens is 5. The van der Waals surface area contributed by atoms with E-state index in [1.54, 1.807) is 54.6 Å². The van der Waals surface area contributed by atoms with E-state index in [9.17, 15) is 31.2 Å². The summed E-state index contributed by atoms with van der Waals surface area (Å²) in [6.45, 7) is 2.69. The molecule has 0 fully saturated rings. The third-order valence-electron chi connectivity index (χ3n) is 6.74. The molecule has 7 nitrogen and oxygen atoms in total. The van der Waals surface area contributed by atoms with E-state index in [0.717, 1.165) is 24.0 Å². The number of carbonyl (C=O) groups excluding carboxylic acids is 2. The molecule has 2 amide bonds. The van der Waals surface area contributed by atoms with Crippen molar-refractivity contribution in [1.82, 2.24) is 10.2 Å². The number of anilines is 1. The van der Waals surface area contributed by atoms with Gasteiger partial charge in [-0.1, -0.05) is 72.6 Å². The van der Waals surface area contributed by atoms with Gasteiger partial charge in [-0.15, -0.1) is 0 Å². The number of sulfonamides is 1. The molecule has 3 aromatic carbocycles. The van der Waals surface area contributed by atoms with Crippen LogP contribution in [-0.2, 0) is 38.8 Å². The quantitative estimate of drug-likeness (QED) is 0.247. The van der Waals surface area contributed by atoms with Gasteiger partial charge in [-0.3, -0.25) is 13.9 Å². The fourth-order valence-electron chi connectivity index (χ4n) is 4.33. The Morgan fingerprint density at radius 2 is 1.60 bits per heavy atom. The number of rotatable bonds is 12. The van der Waals surface area contributed by atoms with Crippen LogP contribution < -0.4 is 9.62 Å². The van der Waals surface area contributed by atoms with E-state index < -0.39 is 56.9 Å². The molecule has 0 spiro atoms. The predicted octanol–water partition coefficient (Wildman–Crippen LogP) is 6.33. The molecule has 0 aliphatic carbocycles. The summed E-state index contributed by atoms with van der Waals surface area (Å²) in [5.41, 5.74) is -0.354. The molecular weight excluding hydrogens is 626 g/mol. The average Bonchev–Trinajstić information content (AvgIpc) is 2.93. The maximum Gasteiger partial charge on any atom is 0.417 e. The van der Waals surface area contributed by atoms with Gasteiger partial charge in [0, 0.05) is 24.0 Å². The maximum atomic E-state index is 14.1. The SMILES string of the molecule is CC[C@H](C)NC(=O)[C@@H](Cc1ccccc1)N(Cc1cccc(Cl)c1)C(=O)CN(c1ccc(Cl)c(C(F)(F)F)c1)S(C)(=O)=O. The number of benzene rings is 3. The predicted molar refractivity (Wildman–Crippen MR) is 162 cm³/mol. The molecule has 0 aromatic heterocycles. The van der Waals surface area contributed by atoms with Crippen LogP contribution in [0.3, 0.4) is 0 Å². The molecule has 0 unspecified atom stereocenters. The van der Waals surface area contributed by atoms with E-state index in [4.69, 9.17) is 23.2 Å². The number of alkyl halides is 3. The highest BCUT2D eigenvalue weighted by atomic mass is 35.5. The van der Waals surface area contributed by atoms with Gasteiger partial charge < -0.3 is 10.2 Å². The summed E-state index contributed by atoms with van der Waals surface area (Å²) in [6, 6.07) is 16.8.